The number of likely N-dealkylation sites (tertiary alicyclic amines) is 1. The molecule has 0 aliphatic carbocycles. The summed E-state index contributed by atoms with van der Waals surface area (Å²) in [6.45, 7) is 2.60. The Labute approximate surface area is 99.9 Å². The standard InChI is InChI=1S/C10H18N6O/c1-15-6-9(12-14-15)7-16-4-2-3-8(5-16)10(11)13-17/h6,8,17H,2-5,7H2,1H3,(H2,11,13). The highest BCUT2D eigenvalue weighted by Gasteiger charge is 2.23. The number of nitrogens with two attached hydrogens (primary N) is 1. The Kier molecular flexibility index (Phi) is 3.58. The first-order valence-corrected chi connectivity index (χ1v) is 5.74. The van der Waals surface area contributed by atoms with Gasteiger partial charge in [-0.25, -0.2) is 0 Å². The quantitative estimate of drug-likeness (QED) is 0.328. The fourth-order valence-corrected chi connectivity index (χ4v) is 2.22. The molecule has 0 bridgehead atoms. The van der Waals surface area contributed by atoms with Gasteiger partial charge < -0.3 is 10.9 Å². The second-order valence-electron chi connectivity index (χ2n) is 4.48. The lowest BCUT2D eigenvalue weighted by Crippen LogP contribution is -2.40. The van der Waals surface area contributed by atoms with E-state index >= 15 is 0 Å². The molecule has 3 N–H and O–H groups in total. The van der Waals surface area contributed by atoms with Gasteiger partial charge in [0.1, 0.15) is 5.84 Å². The van der Waals surface area contributed by atoms with E-state index in [0.29, 0.717) is 5.84 Å². The van der Waals surface area contributed by atoms with Gasteiger partial charge in [-0.1, -0.05) is 10.4 Å². The summed E-state index contributed by atoms with van der Waals surface area (Å²) >= 11 is 0. The summed E-state index contributed by atoms with van der Waals surface area (Å²) < 4.78 is 1.69. The molecule has 0 spiro atoms. The van der Waals surface area contributed by atoms with Crippen molar-refractivity contribution in [3.63, 3.8) is 0 Å². The predicted molar refractivity (Wildman–Crippen MR) is 62.4 cm³/mol. The van der Waals surface area contributed by atoms with Crippen molar-refractivity contribution in [2.45, 2.75) is 19.4 Å². The predicted octanol–water partition coefficient (Wildman–Crippen LogP) is -0.226. The van der Waals surface area contributed by atoms with Crippen LogP contribution in [0.15, 0.2) is 11.4 Å². The third kappa shape index (κ3) is 2.94. The minimum atomic E-state index is 0.144. The van der Waals surface area contributed by atoms with Crippen LogP contribution in [0.2, 0.25) is 0 Å². The first kappa shape index (κ1) is 11.8. The Morgan fingerprint density at radius 2 is 2.53 bits per heavy atom. The summed E-state index contributed by atoms with van der Waals surface area (Å²) in [6, 6.07) is 0. The van der Waals surface area contributed by atoms with E-state index in [1.807, 2.05) is 13.2 Å². The van der Waals surface area contributed by atoms with Crippen molar-refractivity contribution in [3.8, 4) is 0 Å². The number of oxime groups is 1. The highest BCUT2D eigenvalue weighted by molar-refractivity contribution is 5.82. The van der Waals surface area contributed by atoms with Gasteiger partial charge in [0.2, 0.25) is 0 Å². The number of nitrogens with zero attached hydrogens (tertiary/aromatic N) is 5. The molecule has 1 aliphatic heterocycles. The van der Waals surface area contributed by atoms with Crippen LogP contribution in [0.1, 0.15) is 18.5 Å². The van der Waals surface area contributed by atoms with Crippen LogP contribution in [0.4, 0.5) is 0 Å². The molecule has 1 fully saturated rings. The average molecular weight is 238 g/mol. The molecule has 94 valence electrons. The monoisotopic (exact) mass is 238 g/mol. The van der Waals surface area contributed by atoms with E-state index < -0.39 is 0 Å². The topological polar surface area (TPSA) is 92.6 Å². The summed E-state index contributed by atoms with van der Waals surface area (Å²) in [5.74, 6) is 0.472. The van der Waals surface area contributed by atoms with Crippen LogP contribution >= 0.6 is 0 Å². The Morgan fingerprint density at radius 1 is 1.71 bits per heavy atom. The lowest BCUT2D eigenvalue weighted by Gasteiger charge is -2.31. The van der Waals surface area contributed by atoms with Crippen molar-refractivity contribution in [1.82, 2.24) is 19.9 Å². The van der Waals surface area contributed by atoms with E-state index in [0.717, 1.165) is 38.2 Å². The first-order chi connectivity index (χ1) is 8.19. The van der Waals surface area contributed by atoms with Crippen molar-refractivity contribution in [2.24, 2.45) is 23.9 Å². The van der Waals surface area contributed by atoms with E-state index in [1.165, 1.54) is 0 Å². The lowest BCUT2D eigenvalue weighted by atomic mass is 9.97. The molecule has 7 nitrogen and oxygen atoms in total. The highest BCUT2D eigenvalue weighted by atomic mass is 16.4. The zero-order valence-corrected chi connectivity index (χ0v) is 9.95. The SMILES string of the molecule is Cn1cc(CN2CCCC(/C(N)=N/O)C2)nn1. The number of aromatic nitrogens is 3. The van der Waals surface area contributed by atoms with Gasteiger partial charge in [-0.05, 0) is 19.4 Å². The Morgan fingerprint density at radius 3 is 3.18 bits per heavy atom. The largest absolute Gasteiger partial charge is 0.409 e. The van der Waals surface area contributed by atoms with Crippen LogP contribution < -0.4 is 5.73 Å². The molecule has 1 unspecified atom stereocenters. The van der Waals surface area contributed by atoms with Crippen LogP contribution in [0.25, 0.3) is 0 Å². The zero-order chi connectivity index (χ0) is 12.3. The fraction of sp³-hybridized carbons (Fsp3) is 0.700. The number of piperidine rings is 1. The molecule has 0 amide bonds. The van der Waals surface area contributed by atoms with E-state index in [2.05, 4.69) is 20.4 Å². The van der Waals surface area contributed by atoms with Gasteiger partial charge in [0, 0.05) is 32.3 Å². The van der Waals surface area contributed by atoms with Gasteiger partial charge in [0.25, 0.3) is 0 Å². The molecule has 1 atom stereocenters. The first-order valence-electron chi connectivity index (χ1n) is 5.74. The van der Waals surface area contributed by atoms with Crippen LogP contribution in [-0.2, 0) is 13.6 Å². The van der Waals surface area contributed by atoms with E-state index in [4.69, 9.17) is 10.9 Å². The van der Waals surface area contributed by atoms with Crippen LogP contribution in [0, 0.1) is 5.92 Å². The molecule has 7 heteroatoms. The van der Waals surface area contributed by atoms with Gasteiger partial charge in [-0.2, -0.15) is 0 Å². The summed E-state index contributed by atoms with van der Waals surface area (Å²) in [7, 11) is 1.85. The lowest BCUT2D eigenvalue weighted by molar-refractivity contribution is 0.191. The van der Waals surface area contributed by atoms with Crippen LogP contribution in [0.3, 0.4) is 0 Å². The van der Waals surface area contributed by atoms with Gasteiger partial charge in [0.15, 0.2) is 0 Å². The van der Waals surface area contributed by atoms with E-state index in [-0.39, 0.29) is 5.92 Å². The van der Waals surface area contributed by atoms with Crippen molar-refractivity contribution in [3.05, 3.63) is 11.9 Å². The van der Waals surface area contributed by atoms with Gasteiger partial charge in [-0.15, -0.1) is 5.10 Å². The van der Waals surface area contributed by atoms with Crippen molar-refractivity contribution in [1.29, 1.82) is 0 Å². The average Bonchev–Trinajstić information content (AvgIpc) is 2.74. The number of hydrogen-bond acceptors (Lipinski definition) is 5. The van der Waals surface area contributed by atoms with E-state index in [9.17, 15) is 0 Å². The summed E-state index contributed by atoms with van der Waals surface area (Å²) in [6.07, 6.45) is 3.95. The van der Waals surface area contributed by atoms with Crippen LogP contribution in [0.5, 0.6) is 0 Å². The second kappa shape index (κ2) is 5.13. The molecule has 2 rings (SSSR count). The molecule has 0 aromatic carbocycles. The van der Waals surface area contributed by atoms with Gasteiger partial charge in [-0.3, -0.25) is 9.58 Å². The van der Waals surface area contributed by atoms with Crippen molar-refractivity contribution < 1.29 is 5.21 Å². The third-order valence-corrected chi connectivity index (χ3v) is 3.07. The number of rotatable bonds is 3. The Bertz CT molecular complexity index is 401. The number of amidine groups is 1. The smallest absolute Gasteiger partial charge is 0.143 e. The minimum absolute atomic E-state index is 0.144. The van der Waals surface area contributed by atoms with Crippen LogP contribution in [-0.4, -0.2) is 44.0 Å². The second-order valence-corrected chi connectivity index (χ2v) is 4.48. The molecule has 2 heterocycles. The maximum absolute atomic E-state index is 8.69. The molecular formula is C10H18N6O. The van der Waals surface area contributed by atoms with E-state index in [1.54, 1.807) is 4.68 Å². The minimum Gasteiger partial charge on any atom is -0.409 e. The summed E-state index contributed by atoms with van der Waals surface area (Å²) in [4.78, 5) is 2.26. The Balaban J connectivity index is 1.93. The maximum Gasteiger partial charge on any atom is 0.143 e. The summed E-state index contributed by atoms with van der Waals surface area (Å²) in [5, 5.41) is 19.7. The number of hydrogen-bond donors (Lipinski definition) is 2. The molecule has 0 saturated carbocycles. The Hall–Kier alpha value is -1.63. The molecule has 1 saturated heterocycles. The molecule has 1 aromatic rings. The van der Waals surface area contributed by atoms with Crippen molar-refractivity contribution in [2.75, 3.05) is 13.1 Å². The normalized spacial score (nSPS) is 22.9. The maximum atomic E-state index is 8.69. The van der Waals surface area contributed by atoms with Gasteiger partial charge >= 0.3 is 0 Å². The number of aryl methyl sites for hydroxylation is 1. The molecular weight excluding hydrogens is 220 g/mol. The fourth-order valence-electron chi connectivity index (χ4n) is 2.22. The summed E-state index contributed by atoms with van der Waals surface area (Å²) in [5.41, 5.74) is 6.60. The molecule has 17 heavy (non-hydrogen) atoms. The zero-order valence-electron chi connectivity index (χ0n) is 9.95. The third-order valence-electron chi connectivity index (χ3n) is 3.07. The van der Waals surface area contributed by atoms with Crippen molar-refractivity contribution >= 4 is 5.84 Å². The highest BCUT2D eigenvalue weighted by Crippen LogP contribution is 2.17. The molecule has 0 radical (unpaired) electrons. The molecule has 1 aliphatic rings. The van der Waals surface area contributed by atoms with Gasteiger partial charge in [0.05, 0.1) is 5.69 Å². The molecule has 1 aromatic heterocycles.